The van der Waals surface area contributed by atoms with E-state index in [4.69, 9.17) is 27.9 Å². The smallest absolute Gasteiger partial charge is 0.417 e. The number of alkyl halides is 3. The van der Waals surface area contributed by atoms with Gasteiger partial charge in [-0.3, -0.25) is 4.79 Å². The molecule has 0 radical (unpaired) electrons. The average molecular weight is 496 g/mol. The van der Waals surface area contributed by atoms with Crippen LogP contribution in [0.25, 0.3) is 0 Å². The second-order valence-corrected chi connectivity index (χ2v) is 9.77. The topological polar surface area (TPSA) is 63.7 Å². The summed E-state index contributed by atoms with van der Waals surface area (Å²) in [5.41, 5.74) is -0.639. The SMILES string of the molecule is O=C(OCc1ccc(Cl)cc1Cl)C1CCN(S(=O)(=O)c2ccccc2C(F)(F)F)CC1. The summed E-state index contributed by atoms with van der Waals surface area (Å²) < 4.78 is 71.5. The third-order valence-electron chi connectivity index (χ3n) is 4.98. The third kappa shape index (κ3) is 5.52. The number of hydrogen-bond donors (Lipinski definition) is 0. The molecule has 0 bridgehead atoms. The number of carbonyl (C=O) groups is 1. The van der Waals surface area contributed by atoms with Gasteiger partial charge in [-0.05, 0) is 37.1 Å². The van der Waals surface area contributed by atoms with Gasteiger partial charge in [-0.15, -0.1) is 0 Å². The summed E-state index contributed by atoms with van der Waals surface area (Å²) in [6, 6.07) is 8.82. The molecule has 31 heavy (non-hydrogen) atoms. The van der Waals surface area contributed by atoms with E-state index < -0.39 is 38.5 Å². The van der Waals surface area contributed by atoms with Crippen molar-refractivity contribution in [2.75, 3.05) is 13.1 Å². The lowest BCUT2D eigenvalue weighted by Gasteiger charge is -2.30. The zero-order valence-corrected chi connectivity index (χ0v) is 18.4. The largest absolute Gasteiger partial charge is 0.461 e. The maximum atomic E-state index is 13.2. The first-order valence-electron chi connectivity index (χ1n) is 9.27. The number of carbonyl (C=O) groups excluding carboxylic acids is 1. The van der Waals surface area contributed by atoms with Crippen LogP contribution in [-0.4, -0.2) is 31.8 Å². The predicted molar refractivity (Wildman–Crippen MR) is 109 cm³/mol. The fourth-order valence-corrected chi connectivity index (χ4v) is 5.45. The Bertz CT molecular complexity index is 1070. The number of rotatable bonds is 5. The summed E-state index contributed by atoms with van der Waals surface area (Å²) in [6.45, 7) is -0.238. The quantitative estimate of drug-likeness (QED) is 0.537. The molecule has 11 heteroatoms. The van der Waals surface area contributed by atoms with Gasteiger partial charge in [0.1, 0.15) is 6.61 Å². The first kappa shape index (κ1) is 23.8. The van der Waals surface area contributed by atoms with Gasteiger partial charge in [-0.25, -0.2) is 8.42 Å². The number of halogens is 5. The maximum absolute atomic E-state index is 13.2. The van der Waals surface area contributed by atoms with E-state index in [1.807, 2.05) is 0 Å². The van der Waals surface area contributed by atoms with Gasteiger partial charge < -0.3 is 4.74 Å². The van der Waals surface area contributed by atoms with E-state index in [9.17, 15) is 26.4 Å². The van der Waals surface area contributed by atoms with Gasteiger partial charge >= 0.3 is 12.1 Å². The lowest BCUT2D eigenvalue weighted by molar-refractivity contribution is -0.151. The van der Waals surface area contributed by atoms with Crippen LogP contribution in [0.4, 0.5) is 13.2 Å². The third-order valence-corrected chi connectivity index (χ3v) is 7.53. The molecule has 0 atom stereocenters. The number of ether oxygens (including phenoxy) is 1. The van der Waals surface area contributed by atoms with E-state index in [-0.39, 0.29) is 32.5 Å². The van der Waals surface area contributed by atoms with Crippen molar-refractivity contribution < 1.29 is 31.1 Å². The van der Waals surface area contributed by atoms with Crippen LogP contribution in [0, 0.1) is 5.92 Å². The first-order valence-corrected chi connectivity index (χ1v) is 11.5. The van der Waals surface area contributed by atoms with E-state index in [1.165, 1.54) is 12.1 Å². The number of sulfonamides is 1. The van der Waals surface area contributed by atoms with Gasteiger partial charge in [0.25, 0.3) is 0 Å². The van der Waals surface area contributed by atoms with Gasteiger partial charge in [0.2, 0.25) is 10.0 Å². The highest BCUT2D eigenvalue weighted by atomic mass is 35.5. The molecule has 168 valence electrons. The molecule has 0 aliphatic carbocycles. The van der Waals surface area contributed by atoms with Crippen LogP contribution in [0.2, 0.25) is 10.0 Å². The Hall–Kier alpha value is -1.81. The minimum Gasteiger partial charge on any atom is -0.461 e. The van der Waals surface area contributed by atoms with Crippen molar-refractivity contribution >= 4 is 39.2 Å². The number of hydrogen-bond acceptors (Lipinski definition) is 4. The fourth-order valence-electron chi connectivity index (χ4n) is 3.30. The molecule has 5 nitrogen and oxygen atoms in total. The van der Waals surface area contributed by atoms with E-state index in [2.05, 4.69) is 0 Å². The van der Waals surface area contributed by atoms with Crippen LogP contribution in [0.3, 0.4) is 0 Å². The van der Waals surface area contributed by atoms with Crippen molar-refractivity contribution in [2.24, 2.45) is 5.92 Å². The highest BCUT2D eigenvalue weighted by molar-refractivity contribution is 7.89. The number of piperidine rings is 1. The summed E-state index contributed by atoms with van der Waals surface area (Å²) in [5, 5.41) is 0.797. The molecule has 0 saturated carbocycles. The van der Waals surface area contributed by atoms with Crippen LogP contribution in [0.15, 0.2) is 47.4 Å². The van der Waals surface area contributed by atoms with Crippen molar-refractivity contribution in [3.05, 3.63) is 63.6 Å². The van der Waals surface area contributed by atoms with Gasteiger partial charge in [-0.2, -0.15) is 17.5 Å². The van der Waals surface area contributed by atoms with Crippen molar-refractivity contribution in [1.29, 1.82) is 0 Å². The van der Waals surface area contributed by atoms with Gasteiger partial charge in [-0.1, -0.05) is 41.4 Å². The Labute approximate surface area is 187 Å². The molecule has 0 unspecified atom stereocenters. The molecule has 2 aromatic carbocycles. The highest BCUT2D eigenvalue weighted by Crippen LogP contribution is 2.36. The zero-order chi connectivity index (χ0) is 22.8. The Morgan fingerprint density at radius 2 is 1.74 bits per heavy atom. The number of benzene rings is 2. The van der Waals surface area contributed by atoms with Gasteiger partial charge in [0, 0.05) is 28.7 Å². The van der Waals surface area contributed by atoms with Crippen LogP contribution < -0.4 is 0 Å². The van der Waals surface area contributed by atoms with Crippen LogP contribution in [-0.2, 0) is 32.3 Å². The molecular weight excluding hydrogens is 478 g/mol. The molecule has 1 aliphatic heterocycles. The molecule has 3 rings (SSSR count). The molecule has 2 aromatic rings. The summed E-state index contributed by atoms with van der Waals surface area (Å²) >= 11 is 11.9. The summed E-state index contributed by atoms with van der Waals surface area (Å²) in [7, 11) is -4.36. The second-order valence-electron chi connectivity index (χ2n) is 7.02. The molecule has 0 aromatic heterocycles. The first-order chi connectivity index (χ1) is 14.5. The molecule has 0 spiro atoms. The molecule has 0 amide bonds. The maximum Gasteiger partial charge on any atom is 0.417 e. The molecule has 1 heterocycles. The lowest BCUT2D eigenvalue weighted by atomic mass is 9.98. The van der Waals surface area contributed by atoms with Crippen LogP contribution in [0.5, 0.6) is 0 Å². The van der Waals surface area contributed by atoms with Gasteiger partial charge in [0.15, 0.2) is 0 Å². The van der Waals surface area contributed by atoms with E-state index in [0.29, 0.717) is 15.6 Å². The fraction of sp³-hybridized carbons (Fsp3) is 0.350. The molecule has 1 fully saturated rings. The monoisotopic (exact) mass is 495 g/mol. The summed E-state index contributed by atoms with van der Waals surface area (Å²) in [4.78, 5) is 11.6. The number of esters is 1. The Kier molecular flexibility index (Phi) is 7.20. The van der Waals surface area contributed by atoms with E-state index >= 15 is 0 Å². The van der Waals surface area contributed by atoms with Crippen LogP contribution >= 0.6 is 23.2 Å². The minimum absolute atomic E-state index is 0.0632. The Balaban J connectivity index is 1.63. The van der Waals surface area contributed by atoms with Crippen molar-refractivity contribution in [3.63, 3.8) is 0 Å². The van der Waals surface area contributed by atoms with E-state index in [1.54, 1.807) is 12.1 Å². The minimum atomic E-state index is -4.80. The summed E-state index contributed by atoms with van der Waals surface area (Å²) in [5.74, 6) is -1.07. The molecule has 1 aliphatic rings. The predicted octanol–water partition coefficient (Wildman–Crippen LogP) is 5.16. The van der Waals surface area contributed by atoms with Crippen molar-refractivity contribution in [3.8, 4) is 0 Å². The van der Waals surface area contributed by atoms with Gasteiger partial charge in [0.05, 0.1) is 16.4 Å². The Morgan fingerprint density at radius 1 is 1.10 bits per heavy atom. The van der Waals surface area contributed by atoms with Crippen LogP contribution in [0.1, 0.15) is 24.0 Å². The average Bonchev–Trinajstić information content (AvgIpc) is 2.72. The summed E-state index contributed by atoms with van der Waals surface area (Å²) in [6.07, 6.45) is -4.52. The lowest BCUT2D eigenvalue weighted by Crippen LogP contribution is -2.41. The van der Waals surface area contributed by atoms with Crippen molar-refractivity contribution in [1.82, 2.24) is 4.31 Å². The second kappa shape index (κ2) is 9.36. The molecule has 1 saturated heterocycles. The zero-order valence-electron chi connectivity index (χ0n) is 16.0. The van der Waals surface area contributed by atoms with Crippen molar-refractivity contribution in [2.45, 2.75) is 30.5 Å². The molecular formula is C20H18Cl2F3NO4S. The Morgan fingerprint density at radius 3 is 2.35 bits per heavy atom. The highest BCUT2D eigenvalue weighted by Gasteiger charge is 2.40. The normalized spacial score (nSPS) is 16.3. The van der Waals surface area contributed by atoms with E-state index in [0.717, 1.165) is 22.5 Å². The standard InChI is InChI=1S/C20H18Cl2F3NO4S/c21-15-6-5-14(17(22)11-15)12-30-19(27)13-7-9-26(10-8-13)31(28,29)18-4-2-1-3-16(18)20(23,24)25/h1-6,11,13H,7-10,12H2. The molecule has 0 N–H and O–H groups in total. The number of nitrogens with zero attached hydrogens (tertiary/aromatic N) is 1.